The molecule has 2 aromatic rings. The van der Waals surface area contributed by atoms with Crippen molar-refractivity contribution in [1.29, 1.82) is 0 Å². The number of hydrogen-bond acceptors (Lipinski definition) is 4. The Kier molecular flexibility index (Phi) is 5.37. The number of hydrogen-bond donors (Lipinski definition) is 1. The van der Waals surface area contributed by atoms with Crippen LogP contribution in [0, 0.1) is 20.8 Å². The van der Waals surface area contributed by atoms with E-state index in [1.165, 1.54) is 11.3 Å². The number of aryl methyl sites for hydroxylation is 3. The molecule has 0 atom stereocenters. The summed E-state index contributed by atoms with van der Waals surface area (Å²) in [6.07, 6.45) is 0. The van der Waals surface area contributed by atoms with Crippen LogP contribution in [0.25, 0.3) is 0 Å². The maximum absolute atomic E-state index is 11.9. The van der Waals surface area contributed by atoms with Crippen LogP contribution >= 0.6 is 27.3 Å². The van der Waals surface area contributed by atoms with E-state index in [9.17, 15) is 9.59 Å². The van der Waals surface area contributed by atoms with E-state index in [1.54, 1.807) is 12.1 Å². The second kappa shape index (κ2) is 7.07. The fraction of sp³-hybridized carbons (Fsp3) is 0.250. The number of anilines is 1. The van der Waals surface area contributed by atoms with Gasteiger partial charge in [0.1, 0.15) is 0 Å². The number of amides is 1. The lowest BCUT2D eigenvalue weighted by Gasteiger charge is -2.08. The van der Waals surface area contributed by atoms with Crippen molar-refractivity contribution in [3.8, 4) is 0 Å². The predicted molar refractivity (Wildman–Crippen MR) is 91.6 cm³/mol. The maximum atomic E-state index is 11.9. The van der Waals surface area contributed by atoms with Crippen molar-refractivity contribution >= 4 is 44.8 Å². The minimum absolute atomic E-state index is 0.312. The third kappa shape index (κ3) is 4.18. The lowest BCUT2D eigenvalue weighted by atomic mass is 10.2. The molecule has 0 spiro atoms. The number of carbonyl (C=O) groups is 2. The molecule has 0 aliphatic carbocycles. The minimum atomic E-state index is -0.472. The summed E-state index contributed by atoms with van der Waals surface area (Å²) < 4.78 is 5.85. The molecule has 0 saturated heterocycles. The van der Waals surface area contributed by atoms with Gasteiger partial charge >= 0.3 is 5.97 Å². The largest absolute Gasteiger partial charge is 0.452 e. The van der Waals surface area contributed by atoms with Gasteiger partial charge in [0, 0.05) is 14.2 Å². The Morgan fingerprint density at radius 2 is 1.95 bits per heavy atom. The molecule has 1 aromatic heterocycles. The van der Waals surface area contributed by atoms with E-state index in [1.807, 2.05) is 32.9 Å². The van der Waals surface area contributed by atoms with E-state index < -0.39 is 5.97 Å². The summed E-state index contributed by atoms with van der Waals surface area (Å²) in [5.41, 5.74) is 2.25. The Morgan fingerprint density at radius 1 is 1.23 bits per heavy atom. The molecule has 0 aliphatic heterocycles. The molecular formula is C16H16BrNO3S. The SMILES string of the molecule is Cc1ccc(NC(=O)COC(=O)c2cc(C)sc2C)c(Br)c1. The Balaban J connectivity index is 1.92. The van der Waals surface area contributed by atoms with E-state index in [4.69, 9.17) is 4.74 Å². The zero-order valence-corrected chi connectivity index (χ0v) is 14.9. The quantitative estimate of drug-likeness (QED) is 0.806. The van der Waals surface area contributed by atoms with Crippen LogP contribution in [0.1, 0.15) is 25.7 Å². The van der Waals surface area contributed by atoms with Crippen molar-refractivity contribution in [1.82, 2.24) is 0 Å². The predicted octanol–water partition coefficient (Wildman–Crippen LogP) is 4.23. The second-order valence-electron chi connectivity index (χ2n) is 4.93. The lowest BCUT2D eigenvalue weighted by molar-refractivity contribution is -0.119. The van der Waals surface area contributed by atoms with Gasteiger partial charge in [-0.1, -0.05) is 6.07 Å². The van der Waals surface area contributed by atoms with Crippen molar-refractivity contribution in [2.45, 2.75) is 20.8 Å². The first kappa shape index (κ1) is 16.7. The van der Waals surface area contributed by atoms with Crippen LogP contribution in [0.4, 0.5) is 5.69 Å². The number of ether oxygens (including phenoxy) is 1. The lowest BCUT2D eigenvalue weighted by Crippen LogP contribution is -2.21. The highest BCUT2D eigenvalue weighted by molar-refractivity contribution is 9.10. The average Bonchev–Trinajstić information content (AvgIpc) is 2.78. The summed E-state index contributed by atoms with van der Waals surface area (Å²) in [7, 11) is 0. The molecule has 0 aliphatic rings. The number of nitrogens with one attached hydrogen (secondary N) is 1. The molecular weight excluding hydrogens is 366 g/mol. The number of thiophene rings is 1. The van der Waals surface area contributed by atoms with Crippen LogP contribution in [-0.4, -0.2) is 18.5 Å². The Labute approximate surface area is 141 Å². The van der Waals surface area contributed by atoms with E-state index in [0.29, 0.717) is 11.3 Å². The van der Waals surface area contributed by atoms with Crippen LogP contribution in [0.5, 0.6) is 0 Å². The van der Waals surface area contributed by atoms with E-state index in [0.717, 1.165) is 19.8 Å². The first-order valence-corrected chi connectivity index (χ1v) is 8.28. The highest BCUT2D eigenvalue weighted by atomic mass is 79.9. The highest BCUT2D eigenvalue weighted by Crippen LogP contribution is 2.23. The molecule has 1 heterocycles. The Bertz CT molecular complexity index is 724. The van der Waals surface area contributed by atoms with Crippen LogP contribution in [-0.2, 0) is 9.53 Å². The van der Waals surface area contributed by atoms with Crippen LogP contribution < -0.4 is 5.32 Å². The van der Waals surface area contributed by atoms with E-state index in [2.05, 4.69) is 21.2 Å². The zero-order valence-electron chi connectivity index (χ0n) is 12.5. The molecule has 1 N–H and O–H groups in total. The van der Waals surface area contributed by atoms with Gasteiger partial charge < -0.3 is 10.1 Å². The highest BCUT2D eigenvalue weighted by Gasteiger charge is 2.15. The summed E-state index contributed by atoms with van der Waals surface area (Å²) in [6.45, 7) is 5.44. The number of halogens is 1. The number of esters is 1. The van der Waals surface area contributed by atoms with Crippen molar-refractivity contribution < 1.29 is 14.3 Å². The molecule has 6 heteroatoms. The maximum Gasteiger partial charge on any atom is 0.339 e. The van der Waals surface area contributed by atoms with Gasteiger partial charge in [-0.25, -0.2) is 4.79 Å². The van der Waals surface area contributed by atoms with Crippen molar-refractivity contribution in [3.05, 3.63) is 49.6 Å². The van der Waals surface area contributed by atoms with Gasteiger partial charge in [0.15, 0.2) is 6.61 Å². The number of carbonyl (C=O) groups excluding carboxylic acids is 2. The van der Waals surface area contributed by atoms with Gasteiger partial charge in [-0.3, -0.25) is 4.79 Å². The molecule has 4 nitrogen and oxygen atoms in total. The van der Waals surface area contributed by atoms with Crippen LogP contribution in [0.3, 0.4) is 0 Å². The van der Waals surface area contributed by atoms with Crippen molar-refractivity contribution in [3.63, 3.8) is 0 Å². The first-order chi connectivity index (χ1) is 10.4. The van der Waals surface area contributed by atoms with Crippen LogP contribution in [0.2, 0.25) is 0 Å². The molecule has 0 radical (unpaired) electrons. The third-order valence-corrected chi connectivity index (χ3v) is 4.62. The van der Waals surface area contributed by atoms with E-state index in [-0.39, 0.29) is 12.5 Å². The van der Waals surface area contributed by atoms with Gasteiger partial charge in [0.25, 0.3) is 5.91 Å². The topological polar surface area (TPSA) is 55.4 Å². The molecule has 2 rings (SSSR count). The normalized spacial score (nSPS) is 10.4. The monoisotopic (exact) mass is 381 g/mol. The standard InChI is InChI=1S/C16H16BrNO3S/c1-9-4-5-14(13(17)6-9)18-15(19)8-21-16(20)12-7-10(2)22-11(12)3/h4-7H,8H2,1-3H3,(H,18,19). The Morgan fingerprint density at radius 3 is 2.55 bits per heavy atom. The molecule has 1 amide bonds. The van der Waals surface area contributed by atoms with Gasteiger partial charge in [0.05, 0.1) is 11.3 Å². The fourth-order valence-corrected chi connectivity index (χ4v) is 3.45. The summed E-state index contributed by atoms with van der Waals surface area (Å²) in [5.74, 6) is -0.845. The van der Waals surface area contributed by atoms with Crippen LogP contribution in [0.15, 0.2) is 28.7 Å². The average molecular weight is 382 g/mol. The molecule has 0 fully saturated rings. The molecule has 116 valence electrons. The Hall–Kier alpha value is -1.66. The van der Waals surface area contributed by atoms with Crippen molar-refractivity contribution in [2.75, 3.05) is 11.9 Å². The summed E-state index contributed by atoms with van der Waals surface area (Å²) in [5, 5.41) is 2.70. The third-order valence-electron chi connectivity index (χ3n) is 2.99. The van der Waals surface area contributed by atoms with E-state index >= 15 is 0 Å². The molecule has 0 bridgehead atoms. The van der Waals surface area contributed by atoms with Crippen molar-refractivity contribution in [2.24, 2.45) is 0 Å². The summed E-state index contributed by atoms with van der Waals surface area (Å²) in [4.78, 5) is 25.7. The smallest absolute Gasteiger partial charge is 0.339 e. The number of rotatable bonds is 4. The molecule has 22 heavy (non-hydrogen) atoms. The van der Waals surface area contributed by atoms with Gasteiger partial charge in [-0.2, -0.15) is 0 Å². The summed E-state index contributed by atoms with van der Waals surface area (Å²) >= 11 is 4.91. The molecule has 1 aromatic carbocycles. The number of benzene rings is 1. The van der Waals surface area contributed by atoms with Gasteiger partial charge in [-0.15, -0.1) is 11.3 Å². The fourth-order valence-electron chi connectivity index (χ4n) is 1.95. The van der Waals surface area contributed by atoms with Gasteiger partial charge in [0.2, 0.25) is 0 Å². The minimum Gasteiger partial charge on any atom is -0.452 e. The molecule has 0 unspecified atom stereocenters. The van der Waals surface area contributed by atoms with Gasteiger partial charge in [-0.05, 0) is 60.5 Å². The second-order valence-corrected chi connectivity index (χ2v) is 7.25. The summed E-state index contributed by atoms with van der Waals surface area (Å²) in [6, 6.07) is 7.37. The zero-order chi connectivity index (χ0) is 16.3. The first-order valence-electron chi connectivity index (χ1n) is 6.67. The molecule has 0 saturated carbocycles.